The van der Waals surface area contributed by atoms with Gasteiger partial charge in [0.1, 0.15) is 10.6 Å². The molecule has 31 heavy (non-hydrogen) atoms. The van der Waals surface area contributed by atoms with Gasteiger partial charge in [0.05, 0.1) is 13.2 Å². The molecule has 9 nitrogen and oxygen atoms in total. The van der Waals surface area contributed by atoms with Crippen LogP contribution in [0.25, 0.3) is 0 Å². The second-order valence-electron chi connectivity index (χ2n) is 7.25. The molecule has 0 atom stereocenters. The quantitative estimate of drug-likeness (QED) is 0.580. The topological polar surface area (TPSA) is 110 Å². The van der Waals surface area contributed by atoms with E-state index in [1.165, 1.54) is 21.1 Å². The third-order valence-corrected chi connectivity index (χ3v) is 7.00. The lowest BCUT2D eigenvalue weighted by atomic mass is 10.1. The maximum atomic E-state index is 12.8. The van der Waals surface area contributed by atoms with E-state index < -0.39 is 15.9 Å². The molecule has 0 spiro atoms. The molecule has 2 heterocycles. The predicted molar refractivity (Wildman–Crippen MR) is 115 cm³/mol. The fraction of sp³-hybridized carbons (Fsp3) is 0.429. The van der Waals surface area contributed by atoms with Crippen LogP contribution in [0.15, 0.2) is 41.4 Å². The highest BCUT2D eigenvalue weighted by atomic mass is 32.2. The number of benzene rings is 1. The zero-order chi connectivity index (χ0) is 22.4. The Kier molecular flexibility index (Phi) is 7.47. The third-order valence-electron chi connectivity index (χ3n) is 5.14. The van der Waals surface area contributed by atoms with E-state index in [1.54, 1.807) is 19.2 Å². The first kappa shape index (κ1) is 23.0. The average Bonchev–Trinajstić information content (AvgIpc) is 3.19. The van der Waals surface area contributed by atoms with Gasteiger partial charge in [0, 0.05) is 45.0 Å². The van der Waals surface area contributed by atoms with Crippen molar-refractivity contribution in [2.24, 2.45) is 7.05 Å². The molecular formula is C21H28N4O5S. The molecule has 0 unspecified atom stereocenters. The molecule has 10 heteroatoms. The van der Waals surface area contributed by atoms with Crippen molar-refractivity contribution in [1.29, 1.82) is 0 Å². The summed E-state index contributed by atoms with van der Waals surface area (Å²) in [5, 5.41) is 5.46. The highest BCUT2D eigenvalue weighted by Crippen LogP contribution is 2.19. The minimum Gasteiger partial charge on any atom is -0.379 e. The summed E-state index contributed by atoms with van der Waals surface area (Å²) >= 11 is 0. The van der Waals surface area contributed by atoms with Crippen molar-refractivity contribution >= 4 is 21.8 Å². The number of ether oxygens (including phenoxy) is 1. The van der Waals surface area contributed by atoms with E-state index in [0.29, 0.717) is 31.9 Å². The molecule has 0 saturated carbocycles. The first-order chi connectivity index (χ1) is 14.8. The van der Waals surface area contributed by atoms with Gasteiger partial charge in [-0.25, -0.2) is 8.42 Å². The van der Waals surface area contributed by atoms with Crippen LogP contribution in [0, 0.1) is 0 Å². The van der Waals surface area contributed by atoms with Gasteiger partial charge >= 0.3 is 0 Å². The van der Waals surface area contributed by atoms with Gasteiger partial charge in [0.2, 0.25) is 10.0 Å². The lowest BCUT2D eigenvalue weighted by molar-refractivity contribution is 0.0730. The third kappa shape index (κ3) is 5.52. The van der Waals surface area contributed by atoms with Crippen molar-refractivity contribution in [3.63, 3.8) is 0 Å². The fourth-order valence-corrected chi connectivity index (χ4v) is 4.75. The first-order valence-corrected chi connectivity index (χ1v) is 11.7. The number of nitrogens with one attached hydrogen (secondary N) is 2. The lowest BCUT2D eigenvalue weighted by Gasteiger charge is -2.25. The average molecular weight is 449 g/mol. The van der Waals surface area contributed by atoms with Crippen LogP contribution in [-0.2, 0) is 28.2 Å². The zero-order valence-corrected chi connectivity index (χ0v) is 18.6. The fourth-order valence-electron chi connectivity index (χ4n) is 3.27. The molecule has 0 radical (unpaired) electrons. The molecule has 1 aliphatic rings. The Balaban J connectivity index is 1.53. The van der Waals surface area contributed by atoms with Crippen LogP contribution < -0.4 is 10.6 Å². The number of carbonyl (C=O) groups excluding carboxylic acids is 2. The Hall–Kier alpha value is -2.69. The minimum atomic E-state index is -3.67. The summed E-state index contributed by atoms with van der Waals surface area (Å²) in [6.45, 7) is 3.81. The Morgan fingerprint density at radius 1 is 1.03 bits per heavy atom. The number of sulfonamides is 1. The number of aromatic nitrogens is 1. The molecule has 168 valence electrons. The number of aryl methyl sites for hydroxylation is 2. The predicted octanol–water partition coefficient (Wildman–Crippen LogP) is 0.768. The molecule has 1 fully saturated rings. The molecule has 2 N–H and O–H groups in total. The maximum absolute atomic E-state index is 12.8. The minimum absolute atomic E-state index is 0.0749. The SMILES string of the molecule is CCc1ccc(C(=O)NCCNC(=O)c2cc(S(=O)(=O)N3CCOCC3)cn2C)cc1. The van der Waals surface area contributed by atoms with E-state index in [1.807, 2.05) is 19.1 Å². The van der Waals surface area contributed by atoms with E-state index in [4.69, 9.17) is 4.74 Å². The molecule has 2 aromatic rings. The van der Waals surface area contributed by atoms with Crippen LogP contribution in [0.3, 0.4) is 0 Å². The lowest BCUT2D eigenvalue weighted by Crippen LogP contribution is -2.40. The normalized spacial score (nSPS) is 14.9. The van der Waals surface area contributed by atoms with Gasteiger partial charge < -0.3 is 19.9 Å². The molecule has 3 rings (SSSR count). The summed E-state index contributed by atoms with van der Waals surface area (Å²) < 4.78 is 33.6. The van der Waals surface area contributed by atoms with Gasteiger partial charge in [-0.3, -0.25) is 9.59 Å². The van der Waals surface area contributed by atoms with Gasteiger partial charge in [-0.2, -0.15) is 4.31 Å². The number of nitrogens with zero attached hydrogens (tertiary/aromatic N) is 2. The summed E-state index contributed by atoms with van der Waals surface area (Å²) in [6, 6.07) is 8.73. The largest absolute Gasteiger partial charge is 0.379 e. The van der Waals surface area contributed by atoms with Crippen molar-refractivity contribution in [3.8, 4) is 0 Å². The molecule has 0 aliphatic carbocycles. The Morgan fingerprint density at radius 2 is 1.65 bits per heavy atom. The van der Waals surface area contributed by atoms with Gasteiger partial charge in [0.25, 0.3) is 11.8 Å². The molecular weight excluding hydrogens is 420 g/mol. The monoisotopic (exact) mass is 448 g/mol. The molecule has 0 bridgehead atoms. The van der Waals surface area contributed by atoms with Crippen LogP contribution >= 0.6 is 0 Å². The van der Waals surface area contributed by atoms with E-state index in [9.17, 15) is 18.0 Å². The molecule has 1 aromatic heterocycles. The molecule has 2 amide bonds. The van der Waals surface area contributed by atoms with Crippen molar-refractivity contribution < 1.29 is 22.7 Å². The Bertz CT molecular complexity index is 1020. The van der Waals surface area contributed by atoms with Crippen molar-refractivity contribution in [2.45, 2.75) is 18.2 Å². The second-order valence-corrected chi connectivity index (χ2v) is 9.19. The zero-order valence-electron chi connectivity index (χ0n) is 17.8. The van der Waals surface area contributed by atoms with Crippen LogP contribution in [-0.4, -0.2) is 68.5 Å². The van der Waals surface area contributed by atoms with E-state index in [-0.39, 0.29) is 29.6 Å². The highest BCUT2D eigenvalue weighted by molar-refractivity contribution is 7.89. The van der Waals surface area contributed by atoms with E-state index >= 15 is 0 Å². The summed E-state index contributed by atoms with van der Waals surface area (Å²) in [5.74, 6) is -0.623. The van der Waals surface area contributed by atoms with Gasteiger partial charge in [-0.05, 0) is 30.2 Å². The van der Waals surface area contributed by atoms with Crippen LogP contribution in [0.1, 0.15) is 33.3 Å². The summed E-state index contributed by atoms with van der Waals surface area (Å²) in [5.41, 5.74) is 1.94. The number of hydrogen-bond acceptors (Lipinski definition) is 5. The van der Waals surface area contributed by atoms with Crippen LogP contribution in [0.5, 0.6) is 0 Å². The summed E-state index contributed by atoms with van der Waals surface area (Å²) in [4.78, 5) is 24.7. The molecule has 1 aromatic carbocycles. The summed E-state index contributed by atoms with van der Waals surface area (Å²) in [6.07, 6.45) is 2.34. The van der Waals surface area contributed by atoms with Crippen LogP contribution in [0.4, 0.5) is 0 Å². The number of morpholine rings is 1. The van der Waals surface area contributed by atoms with Crippen LogP contribution in [0.2, 0.25) is 0 Å². The number of carbonyl (C=O) groups is 2. The highest BCUT2D eigenvalue weighted by Gasteiger charge is 2.28. The first-order valence-electron chi connectivity index (χ1n) is 10.2. The standard InChI is InChI=1S/C21H28N4O5S/c1-3-16-4-6-17(7-5-16)20(26)22-8-9-23-21(27)19-14-18(15-24(19)2)31(28,29)25-10-12-30-13-11-25/h4-7,14-15H,3,8-13H2,1-2H3,(H,22,26)(H,23,27). The second kappa shape index (κ2) is 10.1. The molecule has 1 aliphatic heterocycles. The Labute approximate surface area is 182 Å². The number of rotatable bonds is 8. The maximum Gasteiger partial charge on any atom is 0.268 e. The smallest absolute Gasteiger partial charge is 0.268 e. The number of hydrogen-bond donors (Lipinski definition) is 2. The van der Waals surface area contributed by atoms with E-state index in [2.05, 4.69) is 10.6 Å². The molecule has 1 saturated heterocycles. The van der Waals surface area contributed by atoms with Crippen molar-refractivity contribution in [1.82, 2.24) is 19.5 Å². The Morgan fingerprint density at radius 3 is 2.26 bits per heavy atom. The number of amides is 2. The van der Waals surface area contributed by atoms with Crippen molar-refractivity contribution in [3.05, 3.63) is 53.3 Å². The van der Waals surface area contributed by atoms with Gasteiger partial charge in [-0.1, -0.05) is 19.1 Å². The van der Waals surface area contributed by atoms with Gasteiger partial charge in [0.15, 0.2) is 0 Å². The van der Waals surface area contributed by atoms with E-state index in [0.717, 1.165) is 12.0 Å². The van der Waals surface area contributed by atoms with Gasteiger partial charge in [-0.15, -0.1) is 0 Å². The summed E-state index contributed by atoms with van der Waals surface area (Å²) in [7, 11) is -2.05. The van der Waals surface area contributed by atoms with Crippen molar-refractivity contribution in [2.75, 3.05) is 39.4 Å².